The number of carbonyl (C=O) groups excluding carboxylic acids is 2. The zero-order valence-electron chi connectivity index (χ0n) is 7.71. The van der Waals surface area contributed by atoms with Gasteiger partial charge in [0, 0.05) is 12.8 Å². The van der Waals surface area contributed by atoms with E-state index < -0.39 is 5.97 Å². The third-order valence-electron chi connectivity index (χ3n) is 1.54. The predicted octanol–water partition coefficient (Wildman–Crippen LogP) is 1.18. The molecule has 0 heterocycles. The first kappa shape index (κ1) is 11.8. The average molecular weight is 186 g/mol. The van der Waals surface area contributed by atoms with Crippen molar-refractivity contribution >= 4 is 17.5 Å². The van der Waals surface area contributed by atoms with Crippen molar-refractivity contribution in [3.05, 3.63) is 0 Å². The van der Waals surface area contributed by atoms with Gasteiger partial charge in [-0.3, -0.25) is 14.4 Å². The van der Waals surface area contributed by atoms with Crippen LogP contribution in [0.5, 0.6) is 0 Å². The van der Waals surface area contributed by atoms with E-state index in [1.807, 2.05) is 6.92 Å². The third kappa shape index (κ3) is 7.18. The van der Waals surface area contributed by atoms with Crippen molar-refractivity contribution in [3.8, 4) is 0 Å². The molecule has 4 heteroatoms. The predicted molar refractivity (Wildman–Crippen MR) is 46.4 cm³/mol. The molecule has 0 saturated heterocycles. The molecule has 74 valence electrons. The molecule has 0 aliphatic rings. The van der Waals surface area contributed by atoms with Crippen LogP contribution in [0.1, 0.15) is 39.0 Å². The lowest BCUT2D eigenvalue weighted by molar-refractivity contribution is -0.139. The van der Waals surface area contributed by atoms with E-state index in [1.54, 1.807) is 0 Å². The summed E-state index contributed by atoms with van der Waals surface area (Å²) in [6.45, 7) is 1.86. The standard InChI is InChI=1S/C9H14O4/c1-2-3-7(10)6-8(11)4-5-9(12)13/h2-6H2,1H3,(H,12,13). The first-order valence-corrected chi connectivity index (χ1v) is 4.31. The molecule has 0 fully saturated rings. The van der Waals surface area contributed by atoms with Crippen molar-refractivity contribution in [2.75, 3.05) is 0 Å². The fourth-order valence-corrected chi connectivity index (χ4v) is 0.922. The normalized spacial score (nSPS) is 9.62. The highest BCUT2D eigenvalue weighted by atomic mass is 16.4. The highest BCUT2D eigenvalue weighted by molar-refractivity contribution is 5.99. The number of carboxylic acids is 1. The molecule has 0 saturated carbocycles. The van der Waals surface area contributed by atoms with Gasteiger partial charge in [-0.25, -0.2) is 0 Å². The van der Waals surface area contributed by atoms with E-state index in [0.29, 0.717) is 6.42 Å². The molecule has 0 aliphatic heterocycles. The summed E-state index contributed by atoms with van der Waals surface area (Å²) >= 11 is 0. The van der Waals surface area contributed by atoms with Gasteiger partial charge in [-0.2, -0.15) is 0 Å². The lowest BCUT2D eigenvalue weighted by Gasteiger charge is -1.97. The molecule has 0 radical (unpaired) electrons. The van der Waals surface area contributed by atoms with Crippen LogP contribution < -0.4 is 0 Å². The summed E-state index contributed by atoms with van der Waals surface area (Å²) in [7, 11) is 0. The van der Waals surface area contributed by atoms with Gasteiger partial charge in [0.05, 0.1) is 12.8 Å². The lowest BCUT2D eigenvalue weighted by atomic mass is 10.1. The van der Waals surface area contributed by atoms with Gasteiger partial charge in [0.1, 0.15) is 11.6 Å². The maximum atomic E-state index is 10.9. The number of hydrogen-bond donors (Lipinski definition) is 1. The van der Waals surface area contributed by atoms with Crippen LogP contribution in [0.3, 0.4) is 0 Å². The zero-order chi connectivity index (χ0) is 10.3. The molecule has 0 aliphatic carbocycles. The second-order valence-electron chi connectivity index (χ2n) is 2.90. The maximum Gasteiger partial charge on any atom is 0.303 e. The van der Waals surface area contributed by atoms with Gasteiger partial charge >= 0.3 is 5.97 Å². The zero-order valence-corrected chi connectivity index (χ0v) is 7.71. The Balaban J connectivity index is 3.62. The Morgan fingerprint density at radius 1 is 1.00 bits per heavy atom. The summed E-state index contributed by atoms with van der Waals surface area (Å²) in [4.78, 5) is 32.0. The van der Waals surface area contributed by atoms with Crippen LogP contribution in [0.2, 0.25) is 0 Å². The van der Waals surface area contributed by atoms with Crippen molar-refractivity contribution in [3.63, 3.8) is 0 Å². The molecule has 0 aromatic rings. The quantitative estimate of drug-likeness (QED) is 0.606. The minimum atomic E-state index is -1.00. The lowest BCUT2D eigenvalue weighted by Crippen LogP contribution is -2.09. The van der Waals surface area contributed by atoms with Crippen LogP contribution >= 0.6 is 0 Å². The Hall–Kier alpha value is -1.19. The summed E-state index contributed by atoms with van der Waals surface area (Å²) in [6, 6.07) is 0. The Morgan fingerprint density at radius 2 is 1.54 bits per heavy atom. The smallest absolute Gasteiger partial charge is 0.303 e. The molecule has 0 unspecified atom stereocenters. The molecule has 0 amide bonds. The fraction of sp³-hybridized carbons (Fsp3) is 0.667. The van der Waals surface area contributed by atoms with Crippen LogP contribution in [-0.2, 0) is 14.4 Å². The molecule has 0 spiro atoms. The number of ketones is 2. The van der Waals surface area contributed by atoms with Crippen molar-refractivity contribution in [1.29, 1.82) is 0 Å². The van der Waals surface area contributed by atoms with E-state index in [1.165, 1.54) is 0 Å². The Morgan fingerprint density at radius 3 is 2.00 bits per heavy atom. The van der Waals surface area contributed by atoms with Crippen LogP contribution in [-0.4, -0.2) is 22.6 Å². The molecular weight excluding hydrogens is 172 g/mol. The molecule has 13 heavy (non-hydrogen) atoms. The highest BCUT2D eigenvalue weighted by Gasteiger charge is 2.09. The van der Waals surface area contributed by atoms with Crippen molar-refractivity contribution in [1.82, 2.24) is 0 Å². The first-order chi connectivity index (χ1) is 6.06. The largest absolute Gasteiger partial charge is 0.481 e. The van der Waals surface area contributed by atoms with E-state index in [-0.39, 0.29) is 30.8 Å². The number of Topliss-reactive ketones (excluding diaryl/α,β-unsaturated/α-hetero) is 2. The van der Waals surface area contributed by atoms with Crippen molar-refractivity contribution < 1.29 is 19.5 Å². The summed E-state index contributed by atoms with van der Waals surface area (Å²) in [6.07, 6.45) is 0.800. The molecule has 0 bridgehead atoms. The number of hydrogen-bond acceptors (Lipinski definition) is 3. The molecule has 0 rings (SSSR count). The monoisotopic (exact) mass is 186 g/mol. The molecule has 0 aromatic carbocycles. The number of carbonyl (C=O) groups is 3. The topological polar surface area (TPSA) is 71.4 Å². The second kappa shape index (κ2) is 6.34. The Labute approximate surface area is 76.9 Å². The van der Waals surface area contributed by atoms with E-state index >= 15 is 0 Å². The van der Waals surface area contributed by atoms with Crippen LogP contribution in [0.25, 0.3) is 0 Å². The van der Waals surface area contributed by atoms with Gasteiger partial charge in [-0.1, -0.05) is 6.92 Å². The van der Waals surface area contributed by atoms with Gasteiger partial charge in [0.2, 0.25) is 0 Å². The number of aliphatic carboxylic acids is 1. The van der Waals surface area contributed by atoms with Crippen molar-refractivity contribution in [2.45, 2.75) is 39.0 Å². The van der Waals surface area contributed by atoms with Gasteiger partial charge < -0.3 is 5.11 Å². The van der Waals surface area contributed by atoms with Crippen LogP contribution in [0.4, 0.5) is 0 Å². The first-order valence-electron chi connectivity index (χ1n) is 4.31. The van der Waals surface area contributed by atoms with Gasteiger partial charge in [-0.05, 0) is 6.42 Å². The SMILES string of the molecule is CCCC(=O)CC(=O)CCC(=O)O. The van der Waals surface area contributed by atoms with Gasteiger partial charge in [-0.15, -0.1) is 0 Å². The highest BCUT2D eigenvalue weighted by Crippen LogP contribution is 2.00. The van der Waals surface area contributed by atoms with Gasteiger partial charge in [0.15, 0.2) is 0 Å². The van der Waals surface area contributed by atoms with E-state index in [9.17, 15) is 14.4 Å². The number of carboxylic acid groups (broad SMARTS) is 1. The minimum absolute atomic E-state index is 0.0369. The Kier molecular flexibility index (Phi) is 5.76. The summed E-state index contributed by atoms with van der Waals surface area (Å²) in [5.74, 6) is -1.38. The molecular formula is C9H14O4. The van der Waals surface area contributed by atoms with Crippen LogP contribution in [0, 0.1) is 0 Å². The molecule has 0 atom stereocenters. The van der Waals surface area contributed by atoms with E-state index in [0.717, 1.165) is 6.42 Å². The minimum Gasteiger partial charge on any atom is -0.481 e. The van der Waals surface area contributed by atoms with E-state index in [4.69, 9.17) is 5.11 Å². The average Bonchev–Trinajstić information content (AvgIpc) is 2.01. The molecule has 0 aromatic heterocycles. The Bertz CT molecular complexity index is 208. The van der Waals surface area contributed by atoms with Gasteiger partial charge in [0.25, 0.3) is 0 Å². The maximum absolute atomic E-state index is 10.9. The number of rotatable bonds is 7. The van der Waals surface area contributed by atoms with E-state index in [2.05, 4.69) is 0 Å². The van der Waals surface area contributed by atoms with Crippen LogP contribution in [0.15, 0.2) is 0 Å². The fourth-order valence-electron chi connectivity index (χ4n) is 0.922. The summed E-state index contributed by atoms with van der Waals surface area (Å²) < 4.78 is 0. The molecule has 4 nitrogen and oxygen atoms in total. The second-order valence-corrected chi connectivity index (χ2v) is 2.90. The molecule has 1 N–H and O–H groups in total. The summed E-state index contributed by atoms with van der Waals surface area (Å²) in [5, 5.41) is 8.26. The van der Waals surface area contributed by atoms with Crippen molar-refractivity contribution in [2.24, 2.45) is 0 Å². The summed E-state index contributed by atoms with van der Waals surface area (Å²) in [5.41, 5.74) is 0. The third-order valence-corrected chi connectivity index (χ3v) is 1.54.